The third kappa shape index (κ3) is 4.81. The standard InChI is InChI=1S/C48H30N2/c1-2-10-34-25-38(22-19-31(34)9-1)48-29-44(33-20-17-32(18-21-33)39-26-37-12-4-8-16-46(37)49-30-39)45-28-36(23-24-47(45)50-48)43-27-35-11-3-5-13-40(35)41-14-6-7-15-42(41)43/h1-30H. The van der Waals surface area contributed by atoms with Gasteiger partial charge < -0.3 is 0 Å². The second-order valence-corrected chi connectivity index (χ2v) is 13.0. The molecule has 0 aliphatic heterocycles. The van der Waals surface area contributed by atoms with Gasteiger partial charge in [-0.3, -0.25) is 4.98 Å². The Morgan fingerprint density at radius 3 is 1.78 bits per heavy atom. The van der Waals surface area contributed by atoms with Crippen molar-refractivity contribution in [1.82, 2.24) is 9.97 Å². The van der Waals surface area contributed by atoms with Gasteiger partial charge in [0.15, 0.2) is 0 Å². The van der Waals surface area contributed by atoms with Crippen LogP contribution in [0.1, 0.15) is 0 Å². The normalized spacial score (nSPS) is 11.6. The van der Waals surface area contributed by atoms with Gasteiger partial charge in [-0.05, 0) is 103 Å². The van der Waals surface area contributed by atoms with E-state index in [1.807, 2.05) is 12.3 Å². The highest BCUT2D eigenvalue weighted by Crippen LogP contribution is 2.39. The zero-order chi connectivity index (χ0) is 33.0. The lowest BCUT2D eigenvalue weighted by Gasteiger charge is -2.15. The van der Waals surface area contributed by atoms with Crippen molar-refractivity contribution in [3.05, 3.63) is 182 Å². The van der Waals surface area contributed by atoms with Crippen LogP contribution in [0, 0.1) is 0 Å². The summed E-state index contributed by atoms with van der Waals surface area (Å²) in [6.45, 7) is 0. The van der Waals surface area contributed by atoms with E-state index >= 15 is 0 Å². The second kappa shape index (κ2) is 11.5. The molecule has 0 radical (unpaired) electrons. The maximum Gasteiger partial charge on any atom is 0.0716 e. The van der Waals surface area contributed by atoms with Gasteiger partial charge in [0.2, 0.25) is 0 Å². The maximum absolute atomic E-state index is 5.27. The molecule has 10 aromatic rings. The Bertz CT molecular complexity index is 2920. The van der Waals surface area contributed by atoms with Gasteiger partial charge in [0.1, 0.15) is 0 Å². The predicted octanol–water partition coefficient (Wildman–Crippen LogP) is 12.9. The number of fused-ring (bicyclic) bond motifs is 6. The zero-order valence-electron chi connectivity index (χ0n) is 27.2. The van der Waals surface area contributed by atoms with Crippen LogP contribution in [0.4, 0.5) is 0 Å². The third-order valence-corrected chi connectivity index (χ3v) is 10.1. The van der Waals surface area contributed by atoms with Crippen LogP contribution in [0.15, 0.2) is 182 Å². The Balaban J connectivity index is 1.17. The van der Waals surface area contributed by atoms with Crippen molar-refractivity contribution in [3.63, 3.8) is 0 Å². The minimum absolute atomic E-state index is 0.963. The second-order valence-electron chi connectivity index (χ2n) is 13.0. The Morgan fingerprint density at radius 1 is 0.300 bits per heavy atom. The van der Waals surface area contributed by atoms with E-state index in [-0.39, 0.29) is 0 Å². The molecule has 2 heteroatoms. The number of aromatic nitrogens is 2. The first-order chi connectivity index (χ1) is 24.7. The highest BCUT2D eigenvalue weighted by molar-refractivity contribution is 6.14. The molecule has 0 fully saturated rings. The summed E-state index contributed by atoms with van der Waals surface area (Å²) in [6, 6.07) is 63.3. The van der Waals surface area contributed by atoms with Crippen molar-refractivity contribution >= 4 is 54.1 Å². The Hall–Kier alpha value is -6.64. The van der Waals surface area contributed by atoms with Crippen LogP contribution in [0.5, 0.6) is 0 Å². The van der Waals surface area contributed by atoms with Crippen molar-refractivity contribution in [3.8, 4) is 44.6 Å². The lowest BCUT2D eigenvalue weighted by atomic mass is 9.91. The molecule has 2 nitrogen and oxygen atoms in total. The highest BCUT2D eigenvalue weighted by Gasteiger charge is 2.15. The van der Waals surface area contributed by atoms with Crippen LogP contribution in [0.3, 0.4) is 0 Å². The van der Waals surface area contributed by atoms with Gasteiger partial charge in [-0.25, -0.2) is 4.98 Å². The molecule has 0 amide bonds. The predicted molar refractivity (Wildman–Crippen MR) is 211 cm³/mol. The van der Waals surface area contributed by atoms with E-state index in [0.717, 1.165) is 55.3 Å². The van der Waals surface area contributed by atoms with Crippen molar-refractivity contribution < 1.29 is 0 Å². The molecule has 8 aromatic carbocycles. The number of nitrogens with zero attached hydrogens (tertiary/aromatic N) is 2. The van der Waals surface area contributed by atoms with Crippen molar-refractivity contribution in [2.24, 2.45) is 0 Å². The number of rotatable bonds is 4. The quantitative estimate of drug-likeness (QED) is 0.180. The molecule has 0 atom stereocenters. The maximum atomic E-state index is 5.27. The summed E-state index contributed by atoms with van der Waals surface area (Å²) in [5.74, 6) is 0. The minimum atomic E-state index is 0.963. The molecule has 0 aliphatic carbocycles. The molecular formula is C48H30N2. The van der Waals surface area contributed by atoms with Gasteiger partial charge in [-0.1, -0.05) is 133 Å². The number of pyridine rings is 2. The SMILES string of the molecule is c1ccc2cc(-c3cc(-c4ccc(-c5cnc6ccccc6c5)cc4)c4cc(-c5cc6ccccc6c6ccccc56)ccc4n3)ccc2c1. The molecule has 0 bridgehead atoms. The van der Waals surface area contributed by atoms with Crippen LogP contribution in [0.2, 0.25) is 0 Å². The van der Waals surface area contributed by atoms with E-state index in [2.05, 4.69) is 170 Å². The first-order valence-corrected chi connectivity index (χ1v) is 17.1. The molecule has 10 rings (SSSR count). The van der Waals surface area contributed by atoms with Gasteiger partial charge in [0.25, 0.3) is 0 Å². The molecular weight excluding hydrogens is 605 g/mol. The zero-order valence-corrected chi connectivity index (χ0v) is 27.2. The molecule has 0 spiro atoms. The van der Waals surface area contributed by atoms with Crippen molar-refractivity contribution in [2.45, 2.75) is 0 Å². The smallest absolute Gasteiger partial charge is 0.0716 e. The average molecular weight is 635 g/mol. The van der Waals surface area contributed by atoms with Gasteiger partial charge in [-0.15, -0.1) is 0 Å². The lowest BCUT2D eigenvalue weighted by Crippen LogP contribution is -1.92. The van der Waals surface area contributed by atoms with E-state index in [9.17, 15) is 0 Å². The fourth-order valence-electron chi connectivity index (χ4n) is 7.49. The number of benzene rings is 8. The fraction of sp³-hybridized carbons (Fsp3) is 0. The summed E-state index contributed by atoms with van der Waals surface area (Å²) in [6.07, 6.45) is 1.97. The van der Waals surface area contributed by atoms with Gasteiger partial charge in [-0.2, -0.15) is 0 Å². The minimum Gasteiger partial charge on any atom is -0.256 e. The van der Waals surface area contributed by atoms with E-state index in [1.165, 1.54) is 43.4 Å². The van der Waals surface area contributed by atoms with Crippen molar-refractivity contribution in [2.75, 3.05) is 0 Å². The molecule has 50 heavy (non-hydrogen) atoms. The molecule has 0 unspecified atom stereocenters. The highest BCUT2D eigenvalue weighted by atomic mass is 14.7. The molecule has 0 N–H and O–H groups in total. The number of para-hydroxylation sites is 1. The van der Waals surface area contributed by atoms with E-state index in [1.54, 1.807) is 0 Å². The van der Waals surface area contributed by atoms with Gasteiger partial charge >= 0.3 is 0 Å². The molecule has 232 valence electrons. The van der Waals surface area contributed by atoms with Crippen LogP contribution < -0.4 is 0 Å². The topological polar surface area (TPSA) is 25.8 Å². The average Bonchev–Trinajstić information content (AvgIpc) is 3.19. The van der Waals surface area contributed by atoms with E-state index < -0.39 is 0 Å². The third-order valence-electron chi connectivity index (χ3n) is 10.1. The van der Waals surface area contributed by atoms with Crippen LogP contribution in [-0.4, -0.2) is 9.97 Å². The largest absolute Gasteiger partial charge is 0.256 e. The van der Waals surface area contributed by atoms with Crippen LogP contribution >= 0.6 is 0 Å². The first kappa shape index (κ1) is 28.4. The van der Waals surface area contributed by atoms with Gasteiger partial charge in [0, 0.05) is 28.1 Å². The number of hydrogen-bond donors (Lipinski definition) is 0. The first-order valence-electron chi connectivity index (χ1n) is 17.1. The summed E-state index contributed by atoms with van der Waals surface area (Å²) in [7, 11) is 0. The Kier molecular flexibility index (Phi) is 6.53. The van der Waals surface area contributed by atoms with Gasteiger partial charge in [0.05, 0.1) is 16.7 Å². The Labute approximate surface area is 290 Å². The molecule has 2 aromatic heterocycles. The molecule has 2 heterocycles. The molecule has 0 saturated heterocycles. The monoisotopic (exact) mass is 634 g/mol. The lowest BCUT2D eigenvalue weighted by molar-refractivity contribution is 1.40. The van der Waals surface area contributed by atoms with Crippen molar-refractivity contribution in [1.29, 1.82) is 0 Å². The molecule has 0 saturated carbocycles. The van der Waals surface area contributed by atoms with E-state index in [0.29, 0.717) is 0 Å². The summed E-state index contributed by atoms with van der Waals surface area (Å²) in [5, 5.41) is 9.74. The van der Waals surface area contributed by atoms with Crippen LogP contribution in [0.25, 0.3) is 98.8 Å². The number of hydrogen-bond acceptors (Lipinski definition) is 2. The summed E-state index contributed by atoms with van der Waals surface area (Å²) in [5.41, 5.74) is 11.0. The fourth-order valence-corrected chi connectivity index (χ4v) is 7.49. The van der Waals surface area contributed by atoms with Crippen LogP contribution in [-0.2, 0) is 0 Å². The van der Waals surface area contributed by atoms with E-state index in [4.69, 9.17) is 9.97 Å². The molecule has 0 aliphatic rings. The summed E-state index contributed by atoms with van der Waals surface area (Å²) < 4.78 is 0. The Morgan fingerprint density at radius 2 is 0.920 bits per heavy atom. The summed E-state index contributed by atoms with van der Waals surface area (Å²) in [4.78, 5) is 9.99. The summed E-state index contributed by atoms with van der Waals surface area (Å²) >= 11 is 0.